The van der Waals surface area contributed by atoms with Gasteiger partial charge >= 0.3 is 0 Å². The van der Waals surface area contributed by atoms with Crippen LogP contribution < -0.4 is 5.32 Å². The number of furan rings is 1. The van der Waals surface area contributed by atoms with Gasteiger partial charge in [-0.1, -0.05) is 152 Å². The molecule has 2 heterocycles. The van der Waals surface area contributed by atoms with Crippen LogP contribution in [-0.4, -0.2) is 11.7 Å². The lowest BCUT2D eigenvalue weighted by Gasteiger charge is -2.24. The van der Waals surface area contributed by atoms with E-state index in [1.54, 1.807) is 0 Å². The van der Waals surface area contributed by atoms with E-state index in [1.807, 2.05) is 36.4 Å². The molecule has 0 radical (unpaired) electrons. The minimum Gasteiger partial charge on any atom is -0.456 e. The Balaban J connectivity index is 1.18. The molecule has 10 rings (SSSR count). The molecule has 0 bridgehead atoms. The third kappa shape index (κ3) is 5.17. The zero-order valence-electron chi connectivity index (χ0n) is 27.6. The molecule has 0 aliphatic carbocycles. The Morgan fingerprint density at radius 2 is 1.08 bits per heavy atom. The summed E-state index contributed by atoms with van der Waals surface area (Å²) in [5.41, 5.74) is 9.15. The summed E-state index contributed by atoms with van der Waals surface area (Å²) < 4.78 is 6.56. The van der Waals surface area contributed by atoms with Gasteiger partial charge in [0.25, 0.3) is 0 Å². The van der Waals surface area contributed by atoms with Crippen LogP contribution in [0.15, 0.2) is 190 Å². The number of rotatable bonds is 5. The minimum atomic E-state index is -0.346. The molecule has 9 aromatic rings. The maximum absolute atomic E-state index is 6.56. The SMILES string of the molecule is c1ccc(C2=NC(c3cc(-c4ccc5ccc6ccccc6c5c4)cc4oc5ccccc5c34)=NC(c3ccc(-c4ccccc4)cc3)N2)cc1. The predicted octanol–water partition coefficient (Wildman–Crippen LogP) is 11.7. The number of aliphatic imine (C=N–C) groups is 2. The van der Waals surface area contributed by atoms with Crippen LogP contribution in [0.25, 0.3) is 65.7 Å². The molecule has 0 saturated carbocycles. The molecule has 4 heteroatoms. The molecule has 0 spiro atoms. The third-order valence-electron chi connectivity index (χ3n) is 9.92. The zero-order chi connectivity index (χ0) is 33.7. The first-order valence-electron chi connectivity index (χ1n) is 17.3. The number of amidine groups is 2. The topological polar surface area (TPSA) is 49.9 Å². The summed E-state index contributed by atoms with van der Waals surface area (Å²) in [6, 6.07) is 61.7. The first-order valence-corrected chi connectivity index (χ1v) is 17.3. The van der Waals surface area contributed by atoms with Crippen molar-refractivity contribution in [3.05, 3.63) is 193 Å². The highest BCUT2D eigenvalue weighted by molar-refractivity contribution is 6.22. The number of benzene rings is 8. The average Bonchev–Trinajstić information content (AvgIpc) is 3.59. The quantitative estimate of drug-likeness (QED) is 0.188. The van der Waals surface area contributed by atoms with Crippen LogP contribution in [-0.2, 0) is 0 Å². The van der Waals surface area contributed by atoms with E-state index in [1.165, 1.54) is 32.7 Å². The number of nitrogens with one attached hydrogen (secondary N) is 1. The van der Waals surface area contributed by atoms with Crippen molar-refractivity contribution in [1.29, 1.82) is 0 Å². The lowest BCUT2D eigenvalue weighted by molar-refractivity contribution is 0.668. The Morgan fingerprint density at radius 3 is 1.88 bits per heavy atom. The summed E-state index contributed by atoms with van der Waals surface area (Å²) in [6.07, 6.45) is -0.346. The minimum absolute atomic E-state index is 0.346. The van der Waals surface area contributed by atoms with Gasteiger partial charge in [0.2, 0.25) is 0 Å². The van der Waals surface area contributed by atoms with E-state index in [2.05, 4.69) is 145 Å². The number of nitrogens with zero attached hydrogens (tertiary/aromatic N) is 2. The fraction of sp³-hybridized carbons (Fsp3) is 0.0213. The van der Waals surface area contributed by atoms with Crippen LogP contribution in [0, 0.1) is 0 Å². The third-order valence-corrected chi connectivity index (χ3v) is 9.92. The molecule has 1 aliphatic heterocycles. The largest absolute Gasteiger partial charge is 0.456 e. The van der Waals surface area contributed by atoms with Gasteiger partial charge in [-0.05, 0) is 73.6 Å². The molecule has 0 saturated heterocycles. The van der Waals surface area contributed by atoms with E-state index < -0.39 is 0 Å². The fourth-order valence-corrected chi connectivity index (χ4v) is 7.35. The summed E-state index contributed by atoms with van der Waals surface area (Å²) in [5, 5.41) is 10.6. The maximum Gasteiger partial charge on any atom is 0.160 e. The van der Waals surface area contributed by atoms with Crippen molar-refractivity contribution in [3.63, 3.8) is 0 Å². The highest BCUT2D eigenvalue weighted by atomic mass is 16.3. The van der Waals surface area contributed by atoms with Crippen molar-refractivity contribution in [1.82, 2.24) is 5.32 Å². The van der Waals surface area contributed by atoms with E-state index in [0.717, 1.165) is 55.6 Å². The Labute approximate surface area is 295 Å². The molecule has 0 amide bonds. The van der Waals surface area contributed by atoms with Crippen molar-refractivity contribution in [3.8, 4) is 22.3 Å². The second-order valence-corrected chi connectivity index (χ2v) is 13.0. The van der Waals surface area contributed by atoms with Crippen molar-refractivity contribution < 1.29 is 4.42 Å². The van der Waals surface area contributed by atoms with Gasteiger partial charge in [-0.25, -0.2) is 9.98 Å². The van der Waals surface area contributed by atoms with Gasteiger partial charge in [0, 0.05) is 21.9 Å². The summed E-state index contributed by atoms with van der Waals surface area (Å²) in [6.45, 7) is 0. The molecule has 4 nitrogen and oxygen atoms in total. The van der Waals surface area contributed by atoms with Crippen LogP contribution in [0.5, 0.6) is 0 Å². The Kier molecular flexibility index (Phi) is 6.85. The van der Waals surface area contributed by atoms with Gasteiger partial charge in [0.1, 0.15) is 23.2 Å². The molecule has 8 aromatic carbocycles. The van der Waals surface area contributed by atoms with Crippen LogP contribution in [0.4, 0.5) is 0 Å². The van der Waals surface area contributed by atoms with Gasteiger partial charge in [0.05, 0.1) is 0 Å². The number of fused-ring (bicyclic) bond motifs is 6. The monoisotopic (exact) mass is 653 g/mol. The number of hydrogen-bond donors (Lipinski definition) is 1. The maximum atomic E-state index is 6.56. The van der Waals surface area contributed by atoms with E-state index in [9.17, 15) is 0 Å². The highest BCUT2D eigenvalue weighted by Gasteiger charge is 2.24. The van der Waals surface area contributed by atoms with Crippen LogP contribution in [0.2, 0.25) is 0 Å². The Hall–Kier alpha value is -6.78. The summed E-state index contributed by atoms with van der Waals surface area (Å²) in [7, 11) is 0. The zero-order valence-corrected chi connectivity index (χ0v) is 27.6. The van der Waals surface area contributed by atoms with Gasteiger partial charge in [-0.3, -0.25) is 0 Å². The standard InChI is InChI=1S/C47H31N3O/c1-3-11-30(12-4-1)31-19-24-35(25-20-31)46-48-45(34-14-5-2-6-15-34)49-47(50-46)41-28-37(29-43-44(41)39-17-9-10-18-42(39)51-43)36-26-23-33-22-21-32-13-7-8-16-38(32)40(33)27-36/h1-29,46H,(H,48,49,50). The Bertz CT molecular complexity index is 2820. The van der Waals surface area contributed by atoms with E-state index in [0.29, 0.717) is 5.84 Å². The second-order valence-electron chi connectivity index (χ2n) is 13.0. The van der Waals surface area contributed by atoms with Crippen molar-refractivity contribution >= 4 is 55.2 Å². The van der Waals surface area contributed by atoms with E-state index in [-0.39, 0.29) is 6.17 Å². The van der Waals surface area contributed by atoms with Crippen LogP contribution in [0.1, 0.15) is 22.9 Å². The fourth-order valence-electron chi connectivity index (χ4n) is 7.35. The first kappa shape index (κ1) is 29.2. The van der Waals surface area contributed by atoms with Gasteiger partial charge < -0.3 is 9.73 Å². The smallest absolute Gasteiger partial charge is 0.160 e. The second kappa shape index (κ2) is 12.0. The van der Waals surface area contributed by atoms with Gasteiger partial charge in [0.15, 0.2) is 5.84 Å². The lowest BCUT2D eigenvalue weighted by atomic mass is 9.94. The number of hydrogen-bond acceptors (Lipinski definition) is 4. The molecule has 1 aromatic heterocycles. The highest BCUT2D eigenvalue weighted by Crippen LogP contribution is 2.38. The van der Waals surface area contributed by atoms with Crippen LogP contribution >= 0.6 is 0 Å². The van der Waals surface area contributed by atoms with Crippen molar-refractivity contribution in [2.24, 2.45) is 9.98 Å². The molecule has 1 N–H and O–H groups in total. The normalized spacial score (nSPS) is 14.5. The van der Waals surface area contributed by atoms with Gasteiger partial charge in [-0.15, -0.1) is 0 Å². The van der Waals surface area contributed by atoms with Crippen molar-refractivity contribution in [2.75, 3.05) is 0 Å². The molecule has 1 aliphatic rings. The predicted molar refractivity (Wildman–Crippen MR) is 211 cm³/mol. The van der Waals surface area contributed by atoms with E-state index in [4.69, 9.17) is 14.4 Å². The molecule has 51 heavy (non-hydrogen) atoms. The molecule has 1 atom stereocenters. The summed E-state index contributed by atoms with van der Waals surface area (Å²) in [5.74, 6) is 1.44. The van der Waals surface area contributed by atoms with Crippen LogP contribution in [0.3, 0.4) is 0 Å². The van der Waals surface area contributed by atoms with E-state index >= 15 is 0 Å². The first-order chi connectivity index (χ1) is 25.2. The molecular formula is C47H31N3O. The summed E-state index contributed by atoms with van der Waals surface area (Å²) in [4.78, 5) is 10.6. The molecular weight excluding hydrogens is 623 g/mol. The van der Waals surface area contributed by atoms with Crippen molar-refractivity contribution in [2.45, 2.75) is 6.17 Å². The lowest BCUT2D eigenvalue weighted by Crippen LogP contribution is -2.33. The Morgan fingerprint density at radius 1 is 0.451 bits per heavy atom. The molecule has 0 fully saturated rings. The summed E-state index contributed by atoms with van der Waals surface area (Å²) >= 11 is 0. The average molecular weight is 654 g/mol. The molecule has 240 valence electrons. The number of para-hydroxylation sites is 1. The van der Waals surface area contributed by atoms with Gasteiger partial charge in [-0.2, -0.15) is 0 Å². The molecule has 1 unspecified atom stereocenters.